The Morgan fingerprint density at radius 2 is 1.90 bits per heavy atom. The minimum atomic E-state index is -0.389. The third kappa shape index (κ3) is 3.70. The van der Waals surface area contributed by atoms with Crippen LogP contribution in [0.15, 0.2) is 36.9 Å². The quantitative estimate of drug-likeness (QED) is 0.808. The van der Waals surface area contributed by atoms with Gasteiger partial charge in [-0.1, -0.05) is 50.6 Å². The topological polar surface area (TPSA) is 47.8 Å². The summed E-state index contributed by atoms with van der Waals surface area (Å²) in [6, 6.07) is 7.64. The standard InChI is InChI=1S/C15H19N3OS/c1-11-5-7-12(8-6-11)13(19)14(20-15(2,3)4)18-10-16-9-17-18/h5-10,14H,1-4H3/t14-/m0/s1. The highest BCUT2D eigenvalue weighted by molar-refractivity contribution is 8.01. The second-order valence-electron chi connectivity index (χ2n) is 5.69. The first-order valence-corrected chi connectivity index (χ1v) is 7.37. The van der Waals surface area contributed by atoms with E-state index in [1.165, 1.54) is 6.33 Å². The maximum atomic E-state index is 12.7. The third-order valence-corrected chi connectivity index (χ3v) is 4.06. The van der Waals surface area contributed by atoms with Crippen LogP contribution in [0.25, 0.3) is 0 Å². The van der Waals surface area contributed by atoms with Crippen molar-refractivity contribution < 1.29 is 4.79 Å². The molecule has 0 amide bonds. The average Bonchev–Trinajstić information content (AvgIpc) is 2.89. The summed E-state index contributed by atoms with van der Waals surface area (Å²) < 4.78 is 1.58. The first kappa shape index (κ1) is 14.8. The number of benzene rings is 1. The molecule has 0 fully saturated rings. The van der Waals surface area contributed by atoms with Gasteiger partial charge in [0.05, 0.1) is 0 Å². The zero-order valence-electron chi connectivity index (χ0n) is 12.2. The van der Waals surface area contributed by atoms with Crippen molar-refractivity contribution in [2.24, 2.45) is 0 Å². The molecule has 0 aliphatic heterocycles. The molecule has 20 heavy (non-hydrogen) atoms. The Morgan fingerprint density at radius 1 is 1.25 bits per heavy atom. The van der Waals surface area contributed by atoms with Crippen LogP contribution in [0.2, 0.25) is 0 Å². The Labute approximate surface area is 123 Å². The fourth-order valence-corrected chi connectivity index (χ4v) is 2.89. The summed E-state index contributed by atoms with van der Waals surface area (Å²) in [5.41, 5.74) is 1.84. The van der Waals surface area contributed by atoms with Gasteiger partial charge in [-0.15, -0.1) is 11.8 Å². The van der Waals surface area contributed by atoms with Gasteiger partial charge < -0.3 is 0 Å². The molecule has 0 bridgehead atoms. The lowest BCUT2D eigenvalue weighted by atomic mass is 10.1. The van der Waals surface area contributed by atoms with Crippen LogP contribution in [-0.2, 0) is 0 Å². The van der Waals surface area contributed by atoms with E-state index >= 15 is 0 Å². The van der Waals surface area contributed by atoms with Crippen molar-refractivity contribution in [3.8, 4) is 0 Å². The summed E-state index contributed by atoms with van der Waals surface area (Å²) in [5.74, 6) is 0.0513. The van der Waals surface area contributed by atoms with Gasteiger partial charge >= 0.3 is 0 Å². The molecule has 0 saturated carbocycles. The summed E-state index contributed by atoms with van der Waals surface area (Å²) in [7, 11) is 0. The van der Waals surface area contributed by atoms with Crippen molar-refractivity contribution in [3.63, 3.8) is 0 Å². The molecular formula is C15H19N3OS. The molecule has 0 N–H and O–H groups in total. The van der Waals surface area contributed by atoms with Crippen molar-refractivity contribution in [2.75, 3.05) is 0 Å². The van der Waals surface area contributed by atoms with Crippen molar-refractivity contribution in [2.45, 2.75) is 37.8 Å². The van der Waals surface area contributed by atoms with Crippen molar-refractivity contribution in [1.29, 1.82) is 0 Å². The number of carbonyl (C=O) groups is 1. The Bertz CT molecular complexity index is 570. The van der Waals surface area contributed by atoms with E-state index in [0.717, 1.165) is 5.56 Å². The maximum absolute atomic E-state index is 12.7. The van der Waals surface area contributed by atoms with Crippen LogP contribution in [0, 0.1) is 6.92 Å². The molecular weight excluding hydrogens is 270 g/mol. The number of rotatable bonds is 4. The normalized spacial score (nSPS) is 13.2. The van der Waals surface area contributed by atoms with Gasteiger partial charge in [0.1, 0.15) is 12.7 Å². The Balaban J connectivity index is 2.31. The van der Waals surface area contributed by atoms with Gasteiger partial charge in [-0.05, 0) is 6.92 Å². The largest absolute Gasteiger partial charge is 0.291 e. The van der Waals surface area contributed by atoms with E-state index in [9.17, 15) is 4.79 Å². The van der Waals surface area contributed by atoms with Crippen LogP contribution in [0.3, 0.4) is 0 Å². The zero-order valence-corrected chi connectivity index (χ0v) is 13.0. The van der Waals surface area contributed by atoms with Gasteiger partial charge in [-0.25, -0.2) is 9.67 Å². The van der Waals surface area contributed by atoms with E-state index in [-0.39, 0.29) is 15.9 Å². The number of aryl methyl sites for hydroxylation is 1. The molecule has 2 rings (SSSR count). The lowest BCUT2D eigenvalue weighted by Gasteiger charge is -2.24. The predicted molar refractivity (Wildman–Crippen MR) is 81.9 cm³/mol. The summed E-state index contributed by atoms with van der Waals surface area (Å²) in [6.45, 7) is 8.27. The molecule has 106 valence electrons. The van der Waals surface area contributed by atoms with Crippen LogP contribution in [-0.4, -0.2) is 25.3 Å². The van der Waals surface area contributed by atoms with E-state index < -0.39 is 0 Å². The van der Waals surface area contributed by atoms with Crippen LogP contribution < -0.4 is 0 Å². The Morgan fingerprint density at radius 3 is 2.40 bits per heavy atom. The summed E-state index contributed by atoms with van der Waals surface area (Å²) >= 11 is 1.58. The highest BCUT2D eigenvalue weighted by atomic mass is 32.2. The van der Waals surface area contributed by atoms with Crippen LogP contribution in [0.5, 0.6) is 0 Å². The second-order valence-corrected chi connectivity index (χ2v) is 7.60. The molecule has 0 radical (unpaired) electrons. The van der Waals surface area contributed by atoms with Gasteiger partial charge in [-0.2, -0.15) is 5.10 Å². The number of ketones is 1. The van der Waals surface area contributed by atoms with Gasteiger partial charge in [0.2, 0.25) is 0 Å². The lowest BCUT2D eigenvalue weighted by Crippen LogP contribution is -2.23. The van der Waals surface area contributed by atoms with Crippen LogP contribution >= 0.6 is 11.8 Å². The van der Waals surface area contributed by atoms with Gasteiger partial charge in [0.15, 0.2) is 11.2 Å². The van der Waals surface area contributed by atoms with Gasteiger partial charge in [0.25, 0.3) is 0 Å². The molecule has 0 spiro atoms. The van der Waals surface area contributed by atoms with Crippen molar-refractivity contribution in [3.05, 3.63) is 48.0 Å². The van der Waals surface area contributed by atoms with E-state index in [2.05, 4.69) is 30.9 Å². The highest BCUT2D eigenvalue weighted by Crippen LogP contribution is 2.36. The van der Waals surface area contributed by atoms with Crippen molar-refractivity contribution in [1.82, 2.24) is 14.8 Å². The number of carbonyl (C=O) groups excluding carboxylic acids is 1. The van der Waals surface area contributed by atoms with E-state index in [4.69, 9.17) is 0 Å². The molecule has 0 aliphatic rings. The summed E-state index contributed by atoms with van der Waals surface area (Å²) in [4.78, 5) is 16.7. The summed E-state index contributed by atoms with van der Waals surface area (Å²) in [6.07, 6.45) is 3.05. The molecule has 0 aliphatic carbocycles. The van der Waals surface area contributed by atoms with Crippen LogP contribution in [0.1, 0.15) is 42.1 Å². The predicted octanol–water partition coefficient (Wildman–Crippen LogP) is 3.50. The minimum absolute atomic E-state index is 0.0447. The van der Waals surface area contributed by atoms with Crippen molar-refractivity contribution >= 4 is 17.5 Å². The monoisotopic (exact) mass is 289 g/mol. The summed E-state index contributed by atoms with van der Waals surface area (Å²) in [5, 5.41) is 3.74. The van der Waals surface area contributed by atoms with E-state index in [0.29, 0.717) is 5.56 Å². The van der Waals surface area contributed by atoms with Crippen LogP contribution in [0.4, 0.5) is 0 Å². The van der Waals surface area contributed by atoms with Gasteiger partial charge in [0, 0.05) is 10.3 Å². The Hall–Kier alpha value is -1.62. The number of thioether (sulfide) groups is 1. The van der Waals surface area contributed by atoms with Gasteiger partial charge in [-0.3, -0.25) is 4.79 Å². The number of Topliss-reactive ketones (excluding diaryl/α,β-unsaturated/α-hetero) is 1. The maximum Gasteiger partial charge on any atom is 0.197 e. The second kappa shape index (κ2) is 5.79. The molecule has 0 saturated heterocycles. The molecule has 2 aromatic rings. The SMILES string of the molecule is Cc1ccc(C(=O)[C@H](SC(C)(C)C)n2cncn2)cc1. The average molecular weight is 289 g/mol. The number of aromatic nitrogens is 3. The molecule has 0 unspecified atom stereocenters. The smallest absolute Gasteiger partial charge is 0.197 e. The highest BCUT2D eigenvalue weighted by Gasteiger charge is 2.28. The van der Waals surface area contributed by atoms with E-state index in [1.807, 2.05) is 31.2 Å². The Kier molecular flexibility index (Phi) is 4.28. The first-order valence-electron chi connectivity index (χ1n) is 6.49. The number of nitrogens with zero attached hydrogens (tertiary/aromatic N) is 3. The molecule has 4 nitrogen and oxygen atoms in total. The molecule has 1 aromatic heterocycles. The third-order valence-electron chi connectivity index (χ3n) is 2.70. The molecule has 1 atom stereocenters. The first-order chi connectivity index (χ1) is 9.37. The fraction of sp³-hybridized carbons (Fsp3) is 0.400. The van der Waals surface area contributed by atoms with E-state index in [1.54, 1.807) is 22.8 Å². The zero-order chi connectivity index (χ0) is 14.8. The molecule has 5 heteroatoms. The number of hydrogen-bond acceptors (Lipinski definition) is 4. The fourth-order valence-electron chi connectivity index (χ4n) is 1.76. The lowest BCUT2D eigenvalue weighted by molar-refractivity contribution is 0.0962. The molecule has 1 heterocycles. The minimum Gasteiger partial charge on any atom is -0.291 e. The number of hydrogen-bond donors (Lipinski definition) is 0. The molecule has 1 aromatic carbocycles.